The minimum atomic E-state index is -1.73. The van der Waals surface area contributed by atoms with E-state index >= 15 is 0 Å². The third-order valence-corrected chi connectivity index (χ3v) is 4.18. The van der Waals surface area contributed by atoms with Crippen LogP contribution in [0.2, 0.25) is 0 Å². The van der Waals surface area contributed by atoms with Crippen LogP contribution in [0.1, 0.15) is 15.9 Å². The smallest absolute Gasteiger partial charge is 0.334 e. The lowest BCUT2D eigenvalue weighted by atomic mass is 10.2. The van der Waals surface area contributed by atoms with Gasteiger partial charge in [-0.2, -0.15) is 5.10 Å². The van der Waals surface area contributed by atoms with E-state index in [2.05, 4.69) is 15.4 Å². The van der Waals surface area contributed by atoms with E-state index in [-0.39, 0.29) is 23.5 Å². The molecule has 11 heteroatoms. The Morgan fingerprint density at radius 3 is 2.83 bits per heavy atom. The lowest BCUT2D eigenvalue weighted by Crippen LogP contribution is -2.36. The monoisotopic (exact) mass is 403 g/mol. The number of hydrogen-bond acceptors (Lipinski definition) is 7. The summed E-state index contributed by atoms with van der Waals surface area (Å²) in [5.41, 5.74) is 0.662. The first-order valence-electron chi connectivity index (χ1n) is 8.48. The highest BCUT2D eigenvalue weighted by atomic mass is 19.1. The summed E-state index contributed by atoms with van der Waals surface area (Å²) >= 11 is 0. The second-order valence-corrected chi connectivity index (χ2v) is 6.31. The average molecular weight is 403 g/mol. The molecule has 1 unspecified atom stereocenters. The Hall–Kier alpha value is -3.73. The van der Waals surface area contributed by atoms with Crippen LogP contribution in [-0.4, -0.2) is 61.5 Å². The van der Waals surface area contributed by atoms with Crippen LogP contribution in [0.5, 0.6) is 5.75 Å². The van der Waals surface area contributed by atoms with Crippen molar-refractivity contribution in [2.75, 3.05) is 18.5 Å². The summed E-state index contributed by atoms with van der Waals surface area (Å²) in [4.78, 5) is 29.0. The largest absolute Gasteiger partial charge is 0.508 e. The van der Waals surface area contributed by atoms with Crippen LogP contribution in [0.25, 0.3) is 5.65 Å². The minimum Gasteiger partial charge on any atom is -0.508 e. The van der Waals surface area contributed by atoms with Gasteiger partial charge in [-0.1, -0.05) is 0 Å². The molecule has 1 amide bonds. The second kappa shape index (κ2) is 8.10. The van der Waals surface area contributed by atoms with Gasteiger partial charge in [0.15, 0.2) is 11.8 Å². The number of carboxylic acids is 1. The molecule has 0 radical (unpaired) electrons. The van der Waals surface area contributed by atoms with Crippen molar-refractivity contribution in [2.45, 2.75) is 12.6 Å². The number of carbonyl (C=O) groups is 2. The molecular weight excluding hydrogens is 385 g/mol. The minimum absolute atomic E-state index is 0.0549. The van der Waals surface area contributed by atoms with Gasteiger partial charge in [0.25, 0.3) is 5.91 Å². The number of nitrogens with zero attached hydrogens (tertiary/aromatic N) is 4. The number of aromatic nitrogens is 3. The number of phenols is 1. The van der Waals surface area contributed by atoms with E-state index < -0.39 is 30.3 Å². The van der Waals surface area contributed by atoms with Crippen molar-refractivity contribution in [2.24, 2.45) is 0 Å². The first-order valence-corrected chi connectivity index (χ1v) is 8.48. The number of nitrogens with one attached hydrogen (secondary N) is 1. The number of carbonyl (C=O) groups excluding carboxylic acids is 1. The Kier molecular flexibility index (Phi) is 5.59. The van der Waals surface area contributed by atoms with Crippen LogP contribution in [0, 0.1) is 5.82 Å². The van der Waals surface area contributed by atoms with Crippen molar-refractivity contribution in [3.63, 3.8) is 0 Å². The molecule has 29 heavy (non-hydrogen) atoms. The zero-order valence-electron chi connectivity index (χ0n) is 15.3. The van der Waals surface area contributed by atoms with Crippen molar-refractivity contribution < 1.29 is 29.3 Å². The number of carboxylic acid groups (broad SMARTS) is 1. The Balaban J connectivity index is 1.82. The van der Waals surface area contributed by atoms with Crippen LogP contribution in [0.4, 0.5) is 10.2 Å². The number of aliphatic carboxylic acids is 1. The molecule has 0 aliphatic carbocycles. The molecule has 0 spiro atoms. The normalized spacial score (nSPS) is 12.0. The molecule has 2 aromatic heterocycles. The average Bonchev–Trinajstić information content (AvgIpc) is 3.11. The first kappa shape index (κ1) is 20.0. The van der Waals surface area contributed by atoms with Gasteiger partial charge in [0.2, 0.25) is 0 Å². The summed E-state index contributed by atoms with van der Waals surface area (Å²) in [6.45, 7) is -0.308. The lowest BCUT2D eigenvalue weighted by molar-refractivity contribution is -0.146. The molecule has 0 fully saturated rings. The van der Waals surface area contributed by atoms with Gasteiger partial charge in [-0.05, 0) is 24.3 Å². The highest BCUT2D eigenvalue weighted by molar-refractivity contribution is 6.00. The summed E-state index contributed by atoms with van der Waals surface area (Å²) in [5.74, 6) is -2.20. The quantitative estimate of drug-likeness (QED) is 0.444. The van der Waals surface area contributed by atoms with E-state index in [9.17, 15) is 24.2 Å². The molecule has 0 saturated heterocycles. The SMILES string of the molecule is CN(Cc1cc(F)ccc1O)c1ccn2ncc(C(=O)NCC(O)C(=O)O)c2n1. The highest BCUT2D eigenvalue weighted by Gasteiger charge is 2.19. The number of rotatable bonds is 7. The molecule has 2 heterocycles. The first-order chi connectivity index (χ1) is 13.8. The predicted octanol–water partition coefficient (Wildman–Crippen LogP) is 0.386. The molecular formula is C18H18FN5O5. The van der Waals surface area contributed by atoms with Crippen molar-refractivity contribution >= 4 is 23.3 Å². The van der Waals surface area contributed by atoms with Gasteiger partial charge in [0, 0.05) is 25.4 Å². The fourth-order valence-corrected chi connectivity index (χ4v) is 2.62. The Bertz CT molecular complexity index is 1070. The van der Waals surface area contributed by atoms with E-state index in [1.54, 1.807) is 24.2 Å². The zero-order valence-corrected chi connectivity index (χ0v) is 15.3. The molecule has 1 aromatic carbocycles. The van der Waals surface area contributed by atoms with Gasteiger partial charge in [0.1, 0.15) is 22.9 Å². The fourth-order valence-electron chi connectivity index (χ4n) is 2.62. The number of hydrogen-bond donors (Lipinski definition) is 4. The van der Waals surface area contributed by atoms with E-state index in [4.69, 9.17) is 5.11 Å². The van der Waals surface area contributed by atoms with Crippen LogP contribution in [-0.2, 0) is 11.3 Å². The third kappa shape index (κ3) is 4.41. The number of halogens is 1. The second-order valence-electron chi connectivity index (χ2n) is 6.31. The predicted molar refractivity (Wildman–Crippen MR) is 99.1 cm³/mol. The number of phenolic OH excluding ortho intramolecular Hbond substituents is 1. The summed E-state index contributed by atoms with van der Waals surface area (Å²) in [6, 6.07) is 5.27. The number of aliphatic hydroxyl groups is 1. The molecule has 0 aliphatic rings. The Labute approximate surface area is 163 Å². The third-order valence-electron chi connectivity index (χ3n) is 4.18. The molecule has 3 aromatic rings. The van der Waals surface area contributed by atoms with Crippen molar-refractivity contribution in [3.8, 4) is 5.75 Å². The maximum atomic E-state index is 13.4. The van der Waals surface area contributed by atoms with E-state index in [1.807, 2.05) is 0 Å². The molecule has 0 bridgehead atoms. The van der Waals surface area contributed by atoms with Crippen LogP contribution >= 0.6 is 0 Å². The number of benzene rings is 1. The van der Waals surface area contributed by atoms with Crippen molar-refractivity contribution in [3.05, 3.63) is 53.6 Å². The van der Waals surface area contributed by atoms with Gasteiger partial charge in [-0.3, -0.25) is 4.79 Å². The molecule has 0 aliphatic heterocycles. The molecule has 1 atom stereocenters. The van der Waals surface area contributed by atoms with E-state index in [0.29, 0.717) is 11.4 Å². The van der Waals surface area contributed by atoms with Crippen LogP contribution in [0.15, 0.2) is 36.7 Å². The zero-order chi connectivity index (χ0) is 21.1. The van der Waals surface area contributed by atoms with Gasteiger partial charge < -0.3 is 25.5 Å². The molecule has 0 saturated carbocycles. The van der Waals surface area contributed by atoms with Gasteiger partial charge in [0.05, 0.1) is 12.7 Å². The van der Waals surface area contributed by atoms with Crippen molar-refractivity contribution in [1.82, 2.24) is 19.9 Å². The summed E-state index contributed by atoms with van der Waals surface area (Å²) in [7, 11) is 1.68. The van der Waals surface area contributed by atoms with Gasteiger partial charge in [-0.25, -0.2) is 18.7 Å². The Morgan fingerprint density at radius 2 is 2.10 bits per heavy atom. The lowest BCUT2D eigenvalue weighted by Gasteiger charge is -2.19. The highest BCUT2D eigenvalue weighted by Crippen LogP contribution is 2.22. The van der Waals surface area contributed by atoms with Crippen molar-refractivity contribution in [1.29, 1.82) is 0 Å². The molecule has 4 N–H and O–H groups in total. The van der Waals surface area contributed by atoms with E-state index in [0.717, 1.165) is 6.07 Å². The number of aliphatic hydroxyl groups excluding tert-OH is 1. The summed E-state index contributed by atoms with van der Waals surface area (Å²) in [5, 5.41) is 34.2. The van der Waals surface area contributed by atoms with Crippen LogP contribution < -0.4 is 10.2 Å². The van der Waals surface area contributed by atoms with Gasteiger partial charge in [-0.15, -0.1) is 0 Å². The molecule has 10 nitrogen and oxygen atoms in total. The number of aromatic hydroxyl groups is 1. The Morgan fingerprint density at radius 1 is 1.34 bits per heavy atom. The number of anilines is 1. The van der Waals surface area contributed by atoms with E-state index in [1.165, 1.54) is 22.8 Å². The van der Waals surface area contributed by atoms with Crippen LogP contribution in [0.3, 0.4) is 0 Å². The topological polar surface area (TPSA) is 140 Å². The summed E-state index contributed by atoms with van der Waals surface area (Å²) in [6.07, 6.45) is 1.12. The van der Waals surface area contributed by atoms with Gasteiger partial charge >= 0.3 is 5.97 Å². The fraction of sp³-hybridized carbons (Fsp3) is 0.222. The number of fused-ring (bicyclic) bond motifs is 1. The molecule has 152 valence electrons. The summed E-state index contributed by atoms with van der Waals surface area (Å²) < 4.78 is 14.8. The standard InChI is InChI=1S/C18H18FN5O5/c1-23(9-10-6-11(19)2-3-13(10)25)15-4-5-24-16(22-15)12(7-21-24)17(27)20-8-14(26)18(28)29/h2-7,14,25-26H,8-9H2,1H3,(H,20,27)(H,28,29). The number of amides is 1. The molecule has 3 rings (SSSR count). The maximum Gasteiger partial charge on any atom is 0.334 e. The maximum absolute atomic E-state index is 13.4.